The SMILES string of the molecule is CC=CC[C@H](O)[C@H]1CCCC2=Cc3c(cnn3-c3ccc(F)cc3)C[C@@]21C. The van der Waals surface area contributed by atoms with Crippen LogP contribution in [-0.2, 0) is 6.42 Å². The molecule has 0 saturated heterocycles. The van der Waals surface area contributed by atoms with Gasteiger partial charge in [-0.2, -0.15) is 5.10 Å². The van der Waals surface area contributed by atoms with Gasteiger partial charge in [0.05, 0.1) is 23.7 Å². The van der Waals surface area contributed by atoms with E-state index in [4.69, 9.17) is 0 Å². The summed E-state index contributed by atoms with van der Waals surface area (Å²) in [5.41, 5.74) is 4.56. The second kappa shape index (κ2) is 7.08. The highest BCUT2D eigenvalue weighted by Gasteiger charge is 2.45. The Kier molecular flexibility index (Phi) is 4.77. The maximum absolute atomic E-state index is 13.3. The average molecular weight is 366 g/mol. The molecule has 4 rings (SSSR count). The summed E-state index contributed by atoms with van der Waals surface area (Å²) in [6.45, 7) is 4.30. The number of aromatic nitrogens is 2. The van der Waals surface area contributed by atoms with Gasteiger partial charge in [0.15, 0.2) is 0 Å². The zero-order valence-corrected chi connectivity index (χ0v) is 16.0. The van der Waals surface area contributed by atoms with Crippen molar-refractivity contribution in [2.75, 3.05) is 0 Å². The zero-order valence-electron chi connectivity index (χ0n) is 16.0. The predicted octanol–water partition coefficient (Wildman–Crippen LogP) is 5.08. The molecule has 0 unspecified atom stereocenters. The van der Waals surface area contributed by atoms with E-state index < -0.39 is 0 Å². The topological polar surface area (TPSA) is 38.1 Å². The second-order valence-electron chi connectivity index (χ2n) is 8.08. The predicted molar refractivity (Wildman–Crippen MR) is 106 cm³/mol. The summed E-state index contributed by atoms with van der Waals surface area (Å²) in [7, 11) is 0. The van der Waals surface area contributed by atoms with E-state index in [-0.39, 0.29) is 23.3 Å². The van der Waals surface area contributed by atoms with E-state index in [0.717, 1.165) is 37.1 Å². The van der Waals surface area contributed by atoms with Gasteiger partial charge < -0.3 is 5.11 Å². The van der Waals surface area contributed by atoms with Gasteiger partial charge >= 0.3 is 0 Å². The standard InChI is InChI=1S/C23H27FN2O/c1-3-4-8-22(27)20-7-5-6-17-13-21-16(14-23(17,20)2)15-25-26(21)19-11-9-18(24)10-12-19/h3-4,9-13,15,20,22,27H,5-8,14H2,1-2H3/t20-,22+,23+/m1/s1. The van der Waals surface area contributed by atoms with Crippen molar-refractivity contribution in [1.29, 1.82) is 0 Å². The molecule has 0 amide bonds. The van der Waals surface area contributed by atoms with Gasteiger partial charge in [-0.15, -0.1) is 0 Å². The molecule has 1 heterocycles. The van der Waals surface area contributed by atoms with Gasteiger partial charge in [-0.05, 0) is 86.3 Å². The Morgan fingerprint density at radius 1 is 1.37 bits per heavy atom. The smallest absolute Gasteiger partial charge is 0.123 e. The first-order chi connectivity index (χ1) is 13.0. The number of aliphatic hydroxyl groups excluding tert-OH is 1. The Bertz CT molecular complexity index is 880. The lowest BCUT2D eigenvalue weighted by atomic mass is 9.58. The quantitative estimate of drug-likeness (QED) is 0.766. The molecular formula is C23H27FN2O. The Balaban J connectivity index is 1.70. The van der Waals surface area contributed by atoms with Crippen molar-refractivity contribution < 1.29 is 9.50 Å². The first-order valence-electron chi connectivity index (χ1n) is 9.86. The van der Waals surface area contributed by atoms with Crippen LogP contribution in [0.3, 0.4) is 0 Å². The van der Waals surface area contributed by atoms with Crippen LogP contribution in [0.15, 0.2) is 48.2 Å². The summed E-state index contributed by atoms with van der Waals surface area (Å²) in [5, 5.41) is 15.4. The summed E-state index contributed by atoms with van der Waals surface area (Å²) in [6, 6.07) is 6.47. The van der Waals surface area contributed by atoms with Gasteiger partial charge in [0.25, 0.3) is 0 Å². The summed E-state index contributed by atoms with van der Waals surface area (Å²) in [4.78, 5) is 0. The van der Waals surface area contributed by atoms with Crippen LogP contribution in [0, 0.1) is 17.2 Å². The Morgan fingerprint density at radius 3 is 2.89 bits per heavy atom. The van der Waals surface area contributed by atoms with Gasteiger partial charge in [0, 0.05) is 0 Å². The summed E-state index contributed by atoms with van der Waals surface area (Å²) >= 11 is 0. The molecule has 0 radical (unpaired) electrons. The van der Waals surface area contributed by atoms with Crippen molar-refractivity contribution in [3.63, 3.8) is 0 Å². The molecular weight excluding hydrogens is 339 g/mol. The van der Waals surface area contributed by atoms with E-state index in [1.807, 2.05) is 23.9 Å². The van der Waals surface area contributed by atoms with Crippen LogP contribution in [0.2, 0.25) is 0 Å². The van der Waals surface area contributed by atoms with E-state index in [1.54, 1.807) is 12.1 Å². The molecule has 4 heteroatoms. The highest BCUT2D eigenvalue weighted by Crippen LogP contribution is 2.52. The number of fused-ring (bicyclic) bond motifs is 2. The van der Waals surface area contributed by atoms with Crippen LogP contribution in [0.5, 0.6) is 0 Å². The number of halogens is 1. The largest absolute Gasteiger partial charge is 0.392 e. The van der Waals surface area contributed by atoms with Crippen LogP contribution in [0.1, 0.15) is 50.8 Å². The molecule has 27 heavy (non-hydrogen) atoms. The summed E-state index contributed by atoms with van der Waals surface area (Å²) in [6.07, 6.45) is 12.8. The van der Waals surface area contributed by atoms with Crippen molar-refractivity contribution in [1.82, 2.24) is 9.78 Å². The summed E-state index contributed by atoms with van der Waals surface area (Å²) in [5.74, 6) is 0.0203. The minimum absolute atomic E-state index is 0.0249. The minimum atomic E-state index is -0.316. The highest BCUT2D eigenvalue weighted by atomic mass is 19.1. The number of rotatable bonds is 4. The molecule has 3 nitrogen and oxygen atoms in total. The van der Waals surface area contributed by atoms with Crippen molar-refractivity contribution in [2.24, 2.45) is 11.3 Å². The van der Waals surface area contributed by atoms with Crippen LogP contribution < -0.4 is 0 Å². The molecule has 3 atom stereocenters. The first-order valence-corrected chi connectivity index (χ1v) is 9.86. The van der Waals surface area contributed by atoms with Crippen LogP contribution >= 0.6 is 0 Å². The summed E-state index contributed by atoms with van der Waals surface area (Å²) < 4.78 is 15.2. The van der Waals surface area contributed by atoms with Gasteiger partial charge in [0.1, 0.15) is 5.82 Å². The number of hydrogen-bond donors (Lipinski definition) is 1. The van der Waals surface area contributed by atoms with E-state index in [9.17, 15) is 9.50 Å². The second-order valence-corrected chi connectivity index (χ2v) is 8.08. The fourth-order valence-corrected chi connectivity index (χ4v) is 4.92. The van der Waals surface area contributed by atoms with Gasteiger partial charge in [-0.3, -0.25) is 0 Å². The van der Waals surface area contributed by atoms with Crippen molar-refractivity contribution >= 4 is 6.08 Å². The van der Waals surface area contributed by atoms with Gasteiger partial charge in [0.2, 0.25) is 0 Å². The molecule has 2 aliphatic carbocycles. The molecule has 1 N–H and O–H groups in total. The number of benzene rings is 1. The van der Waals surface area contributed by atoms with E-state index in [0.29, 0.717) is 6.42 Å². The third-order valence-corrected chi connectivity index (χ3v) is 6.42. The third-order valence-electron chi connectivity index (χ3n) is 6.42. The van der Waals surface area contributed by atoms with E-state index >= 15 is 0 Å². The lowest BCUT2D eigenvalue weighted by Crippen LogP contribution is -2.43. The van der Waals surface area contributed by atoms with E-state index in [1.165, 1.54) is 23.3 Å². The van der Waals surface area contributed by atoms with E-state index in [2.05, 4.69) is 24.2 Å². The van der Waals surface area contributed by atoms with Gasteiger partial charge in [-0.1, -0.05) is 24.6 Å². The lowest BCUT2D eigenvalue weighted by Gasteiger charge is -2.47. The number of nitrogens with zero attached hydrogens (tertiary/aromatic N) is 2. The Hall–Kier alpha value is -2.20. The van der Waals surface area contributed by atoms with Crippen molar-refractivity contribution in [2.45, 2.75) is 52.1 Å². The van der Waals surface area contributed by atoms with Crippen LogP contribution in [0.25, 0.3) is 11.8 Å². The molecule has 0 bridgehead atoms. The molecule has 1 aromatic carbocycles. The molecule has 2 aliphatic rings. The molecule has 1 fully saturated rings. The number of hydrogen-bond acceptors (Lipinski definition) is 2. The molecule has 1 saturated carbocycles. The fourth-order valence-electron chi connectivity index (χ4n) is 4.92. The normalized spacial score (nSPS) is 25.8. The third kappa shape index (κ3) is 3.16. The first kappa shape index (κ1) is 18.2. The fraction of sp³-hybridized carbons (Fsp3) is 0.435. The lowest BCUT2D eigenvalue weighted by molar-refractivity contribution is 0.0250. The van der Waals surface area contributed by atoms with Crippen LogP contribution in [-0.4, -0.2) is 21.0 Å². The molecule has 142 valence electrons. The van der Waals surface area contributed by atoms with Gasteiger partial charge in [-0.25, -0.2) is 9.07 Å². The highest BCUT2D eigenvalue weighted by molar-refractivity contribution is 5.61. The molecule has 2 aromatic rings. The van der Waals surface area contributed by atoms with Crippen LogP contribution in [0.4, 0.5) is 4.39 Å². The number of aliphatic hydroxyl groups is 1. The Morgan fingerprint density at radius 2 is 2.15 bits per heavy atom. The van der Waals surface area contributed by atoms with Crippen molar-refractivity contribution in [3.8, 4) is 5.69 Å². The molecule has 0 spiro atoms. The average Bonchev–Trinajstić information content (AvgIpc) is 3.06. The molecule has 1 aromatic heterocycles. The number of allylic oxidation sites excluding steroid dienone is 2. The monoisotopic (exact) mass is 366 g/mol. The maximum Gasteiger partial charge on any atom is 0.123 e. The maximum atomic E-state index is 13.3. The minimum Gasteiger partial charge on any atom is -0.392 e. The molecule has 0 aliphatic heterocycles. The zero-order chi connectivity index (χ0) is 19.0. The van der Waals surface area contributed by atoms with Crippen molar-refractivity contribution in [3.05, 3.63) is 65.3 Å². The Labute approximate surface area is 160 Å².